The van der Waals surface area contributed by atoms with Crippen LogP contribution in [0.15, 0.2) is 46.9 Å². The molecule has 0 spiro atoms. The van der Waals surface area contributed by atoms with Gasteiger partial charge in [0.05, 0.1) is 24.4 Å². The molecule has 1 fully saturated rings. The Labute approximate surface area is 181 Å². The van der Waals surface area contributed by atoms with Crippen LogP contribution in [-0.2, 0) is 23.5 Å². The largest absolute Gasteiger partial charge is 0.464 e. The van der Waals surface area contributed by atoms with Crippen LogP contribution in [0.4, 0.5) is 0 Å². The van der Waals surface area contributed by atoms with Gasteiger partial charge in [-0.05, 0) is 38.2 Å². The molecule has 2 heterocycles. The molecule has 2 N–H and O–H groups in total. The van der Waals surface area contributed by atoms with E-state index in [1.807, 2.05) is 48.8 Å². The lowest BCUT2D eigenvalue weighted by molar-refractivity contribution is -0.126. The Kier molecular flexibility index (Phi) is 8.91. The summed E-state index contributed by atoms with van der Waals surface area (Å²) >= 11 is 3.17. The molecular weight excluding hydrogens is 406 g/mol. The van der Waals surface area contributed by atoms with E-state index in [0.29, 0.717) is 6.54 Å². The second-order valence-electron chi connectivity index (χ2n) is 7.02. The highest BCUT2D eigenvalue weighted by Gasteiger charge is 2.28. The number of thioether (sulfide) groups is 1. The van der Waals surface area contributed by atoms with Crippen LogP contribution < -0.4 is 10.9 Å². The number of hydrazine groups is 2. The van der Waals surface area contributed by atoms with Gasteiger partial charge in [-0.25, -0.2) is 15.3 Å². The van der Waals surface area contributed by atoms with Gasteiger partial charge in [0, 0.05) is 18.8 Å². The Morgan fingerprint density at radius 1 is 1.10 bits per heavy atom. The summed E-state index contributed by atoms with van der Waals surface area (Å²) in [6.45, 7) is 2.70. The van der Waals surface area contributed by atoms with Gasteiger partial charge >= 0.3 is 0 Å². The summed E-state index contributed by atoms with van der Waals surface area (Å²) in [6.07, 6.45) is 0.930. The fourth-order valence-corrected chi connectivity index (χ4v) is 4.37. The zero-order valence-electron chi connectivity index (χ0n) is 17.0. The minimum atomic E-state index is 0.0616. The highest BCUT2D eigenvalue weighted by molar-refractivity contribution is 7.98. The number of carbonyl (C=O) groups excluding carboxylic acids is 1. The van der Waals surface area contributed by atoms with E-state index in [4.69, 9.17) is 4.42 Å². The van der Waals surface area contributed by atoms with Gasteiger partial charge in [0.1, 0.15) is 18.1 Å². The smallest absolute Gasteiger partial charge is 0.264 e. The van der Waals surface area contributed by atoms with Crippen LogP contribution in [-0.4, -0.2) is 59.1 Å². The van der Waals surface area contributed by atoms with Gasteiger partial charge in [0.15, 0.2) is 0 Å². The van der Waals surface area contributed by atoms with Crippen molar-refractivity contribution < 1.29 is 9.21 Å². The predicted molar refractivity (Wildman–Crippen MR) is 120 cm³/mol. The maximum absolute atomic E-state index is 12.1. The molecular formula is C20H29N5O2S2. The third kappa shape index (κ3) is 7.69. The zero-order valence-corrected chi connectivity index (χ0v) is 18.6. The van der Waals surface area contributed by atoms with Crippen molar-refractivity contribution in [2.45, 2.75) is 18.7 Å². The second-order valence-corrected chi connectivity index (χ2v) is 9.09. The molecule has 1 aliphatic heterocycles. The van der Waals surface area contributed by atoms with Crippen LogP contribution in [0, 0.1) is 0 Å². The summed E-state index contributed by atoms with van der Waals surface area (Å²) in [6, 6.07) is 14.4. The van der Waals surface area contributed by atoms with Gasteiger partial charge in [-0.2, -0.15) is 16.2 Å². The third-order valence-corrected chi connectivity index (χ3v) is 6.10. The minimum Gasteiger partial charge on any atom is -0.464 e. The van der Waals surface area contributed by atoms with E-state index >= 15 is 0 Å². The number of hydrogen-bond donors (Lipinski definition) is 2. The third-order valence-electron chi connectivity index (χ3n) is 4.17. The van der Waals surface area contributed by atoms with Crippen LogP contribution in [0.5, 0.6) is 0 Å². The summed E-state index contributed by atoms with van der Waals surface area (Å²) in [7, 11) is 4.06. The Balaban J connectivity index is 1.27. The molecule has 0 aliphatic carbocycles. The molecule has 1 amide bonds. The Hall–Kier alpha value is -1.49. The number of nitrogens with one attached hydrogen (secondary N) is 2. The average molecular weight is 436 g/mol. The normalized spacial score (nSPS) is 15.0. The SMILES string of the molecule is CN(C)Cc1ccc(CSCCNN2SN(NCCc3ccccc3)CC2=O)o1. The molecule has 29 heavy (non-hydrogen) atoms. The van der Waals surface area contributed by atoms with Crippen LogP contribution in [0.1, 0.15) is 17.1 Å². The first-order chi connectivity index (χ1) is 14.1. The Morgan fingerprint density at radius 3 is 2.69 bits per heavy atom. The van der Waals surface area contributed by atoms with Crippen molar-refractivity contribution in [3.05, 3.63) is 59.5 Å². The molecule has 0 unspecified atom stereocenters. The quantitative estimate of drug-likeness (QED) is 0.390. The number of rotatable bonds is 12. The van der Waals surface area contributed by atoms with Gasteiger partial charge in [-0.3, -0.25) is 4.79 Å². The molecule has 2 aromatic rings. The number of hydrogen-bond acceptors (Lipinski definition) is 8. The van der Waals surface area contributed by atoms with E-state index in [-0.39, 0.29) is 5.91 Å². The molecule has 0 bridgehead atoms. The van der Waals surface area contributed by atoms with Gasteiger partial charge in [0.2, 0.25) is 0 Å². The van der Waals surface area contributed by atoms with Crippen LogP contribution in [0.3, 0.4) is 0 Å². The summed E-state index contributed by atoms with van der Waals surface area (Å²) in [5.74, 6) is 3.78. The van der Waals surface area contributed by atoms with E-state index in [1.54, 1.807) is 16.2 Å². The second kappa shape index (κ2) is 11.6. The minimum absolute atomic E-state index is 0.0616. The first-order valence-corrected chi connectivity index (χ1v) is 11.6. The van der Waals surface area contributed by atoms with Crippen molar-refractivity contribution in [1.82, 2.24) is 24.6 Å². The number of nitrogens with zero attached hydrogens (tertiary/aromatic N) is 3. The standard InChI is InChI=1S/C20H29N5O2S2/c1-23(2)14-18-8-9-19(27-18)16-28-13-12-22-25-20(26)15-24(29-25)21-11-10-17-6-4-3-5-7-17/h3-9,21-22H,10-16H2,1-2H3. The maximum Gasteiger partial charge on any atom is 0.264 e. The van der Waals surface area contributed by atoms with Crippen LogP contribution >= 0.6 is 23.9 Å². The molecule has 0 atom stereocenters. The molecule has 0 saturated carbocycles. The van der Waals surface area contributed by atoms with Gasteiger partial charge in [-0.1, -0.05) is 30.3 Å². The lowest BCUT2D eigenvalue weighted by Crippen LogP contribution is -2.36. The van der Waals surface area contributed by atoms with E-state index in [9.17, 15) is 4.79 Å². The van der Waals surface area contributed by atoms with E-state index in [0.717, 1.165) is 49.1 Å². The maximum atomic E-state index is 12.1. The van der Waals surface area contributed by atoms with Gasteiger partial charge in [0.25, 0.3) is 5.91 Å². The number of carbonyl (C=O) groups is 1. The number of furan rings is 1. The number of amides is 1. The van der Waals surface area contributed by atoms with Crippen molar-refractivity contribution in [3.63, 3.8) is 0 Å². The molecule has 9 heteroatoms. The Bertz CT molecular complexity index is 756. The highest BCUT2D eigenvalue weighted by Crippen LogP contribution is 2.20. The summed E-state index contributed by atoms with van der Waals surface area (Å²) in [5, 5.41) is 0. The topological polar surface area (TPSA) is 64.0 Å². The highest BCUT2D eigenvalue weighted by atomic mass is 32.2. The summed E-state index contributed by atoms with van der Waals surface area (Å²) in [4.78, 5) is 14.2. The molecule has 1 aromatic carbocycles. The molecule has 1 aromatic heterocycles. The number of benzene rings is 1. The van der Waals surface area contributed by atoms with E-state index in [1.165, 1.54) is 17.7 Å². The van der Waals surface area contributed by atoms with E-state index in [2.05, 4.69) is 27.9 Å². The summed E-state index contributed by atoms with van der Waals surface area (Å²) in [5.41, 5.74) is 7.78. The molecule has 1 saturated heterocycles. The molecule has 0 radical (unpaired) electrons. The van der Waals surface area contributed by atoms with Crippen molar-refractivity contribution in [2.75, 3.05) is 39.5 Å². The molecule has 3 rings (SSSR count). The van der Waals surface area contributed by atoms with Crippen LogP contribution in [0.2, 0.25) is 0 Å². The van der Waals surface area contributed by atoms with Crippen LogP contribution in [0.25, 0.3) is 0 Å². The fraction of sp³-hybridized carbons (Fsp3) is 0.450. The zero-order chi connectivity index (χ0) is 20.5. The monoisotopic (exact) mass is 435 g/mol. The van der Waals surface area contributed by atoms with E-state index < -0.39 is 0 Å². The Morgan fingerprint density at radius 2 is 1.90 bits per heavy atom. The van der Waals surface area contributed by atoms with Crippen molar-refractivity contribution in [3.8, 4) is 0 Å². The average Bonchev–Trinajstić information content (AvgIpc) is 3.28. The lowest BCUT2D eigenvalue weighted by atomic mass is 10.2. The van der Waals surface area contributed by atoms with Crippen molar-refractivity contribution >= 4 is 29.8 Å². The lowest BCUT2D eigenvalue weighted by Gasteiger charge is -2.17. The first kappa shape index (κ1) is 22.2. The summed E-state index contributed by atoms with van der Waals surface area (Å²) < 4.78 is 9.29. The van der Waals surface area contributed by atoms with Crippen molar-refractivity contribution in [2.24, 2.45) is 0 Å². The molecule has 1 aliphatic rings. The molecule has 158 valence electrons. The van der Waals surface area contributed by atoms with Gasteiger partial charge < -0.3 is 9.32 Å². The fourth-order valence-electron chi connectivity index (χ4n) is 2.82. The molecule has 7 nitrogen and oxygen atoms in total. The van der Waals surface area contributed by atoms with Gasteiger partial charge in [-0.15, -0.1) is 0 Å². The van der Waals surface area contributed by atoms with Crippen molar-refractivity contribution in [1.29, 1.82) is 0 Å². The predicted octanol–water partition coefficient (Wildman–Crippen LogP) is 2.53. The first-order valence-electron chi connectivity index (χ1n) is 9.70.